The van der Waals surface area contributed by atoms with E-state index >= 15 is 0 Å². The number of hydrogen-bond donors (Lipinski definition) is 2. The van der Waals surface area contributed by atoms with Gasteiger partial charge in [0, 0.05) is 30.4 Å². The van der Waals surface area contributed by atoms with Gasteiger partial charge in [0.25, 0.3) is 0 Å². The molecule has 1 aliphatic heterocycles. The normalized spacial score (nSPS) is 14.0. The van der Waals surface area contributed by atoms with Gasteiger partial charge in [-0.3, -0.25) is 4.79 Å². The van der Waals surface area contributed by atoms with E-state index in [-0.39, 0.29) is 22.4 Å². The number of rotatable bonds is 4. The molecule has 0 amide bonds. The Balaban J connectivity index is 1.95. The van der Waals surface area contributed by atoms with Gasteiger partial charge in [-0.05, 0) is 31.0 Å². The van der Waals surface area contributed by atoms with Crippen molar-refractivity contribution in [1.82, 2.24) is 0 Å². The predicted octanol–water partition coefficient (Wildman–Crippen LogP) is 2.92. The van der Waals surface area contributed by atoms with Crippen LogP contribution in [0.2, 0.25) is 0 Å². The summed E-state index contributed by atoms with van der Waals surface area (Å²) < 4.78 is 0. The molecule has 2 N–H and O–H groups in total. The topological polar surface area (TPSA) is 77.8 Å². The fraction of sp³-hybridized carbons (Fsp3) is 0.222. The molecule has 1 aliphatic rings. The number of nitrogens with zero attached hydrogens (tertiary/aromatic N) is 1. The van der Waals surface area contributed by atoms with Crippen molar-refractivity contribution in [2.45, 2.75) is 12.8 Å². The van der Waals surface area contributed by atoms with Gasteiger partial charge in [-0.15, -0.1) is 0 Å². The predicted molar refractivity (Wildman–Crippen MR) is 86.4 cm³/mol. The monoisotopic (exact) mass is 311 g/mol. The van der Waals surface area contributed by atoms with E-state index in [1.165, 1.54) is 12.1 Å². The molecule has 1 saturated heterocycles. The Morgan fingerprint density at radius 3 is 2.17 bits per heavy atom. The van der Waals surface area contributed by atoms with Crippen molar-refractivity contribution in [3.63, 3.8) is 0 Å². The largest absolute Gasteiger partial charge is 0.507 e. The summed E-state index contributed by atoms with van der Waals surface area (Å²) >= 11 is 0. The third-order valence-corrected chi connectivity index (χ3v) is 4.10. The third kappa shape index (κ3) is 2.90. The summed E-state index contributed by atoms with van der Waals surface area (Å²) in [5.41, 5.74) is 0.995. The van der Waals surface area contributed by atoms with Crippen molar-refractivity contribution in [2.24, 2.45) is 0 Å². The van der Waals surface area contributed by atoms with Crippen LogP contribution in [0, 0.1) is 0 Å². The van der Waals surface area contributed by atoms with Gasteiger partial charge >= 0.3 is 5.97 Å². The maximum Gasteiger partial charge on any atom is 0.336 e. The number of benzene rings is 2. The third-order valence-electron chi connectivity index (χ3n) is 4.10. The molecule has 2 aromatic carbocycles. The van der Waals surface area contributed by atoms with Gasteiger partial charge in [0.1, 0.15) is 5.75 Å². The Hall–Kier alpha value is -2.82. The quantitative estimate of drug-likeness (QED) is 0.849. The number of ketones is 1. The Labute approximate surface area is 133 Å². The van der Waals surface area contributed by atoms with Gasteiger partial charge in [-0.25, -0.2) is 4.79 Å². The Morgan fingerprint density at radius 1 is 0.913 bits per heavy atom. The van der Waals surface area contributed by atoms with Crippen molar-refractivity contribution in [2.75, 3.05) is 18.0 Å². The minimum absolute atomic E-state index is 0.0690. The number of aromatic carboxylic acids is 1. The van der Waals surface area contributed by atoms with E-state index in [0.717, 1.165) is 31.6 Å². The second-order valence-electron chi connectivity index (χ2n) is 5.58. The molecule has 2 aromatic rings. The van der Waals surface area contributed by atoms with E-state index in [9.17, 15) is 19.8 Å². The van der Waals surface area contributed by atoms with Gasteiger partial charge in [-0.2, -0.15) is 0 Å². The molecule has 0 bridgehead atoms. The van der Waals surface area contributed by atoms with Gasteiger partial charge in [0.15, 0.2) is 5.78 Å². The summed E-state index contributed by atoms with van der Waals surface area (Å²) in [7, 11) is 0. The second-order valence-corrected chi connectivity index (χ2v) is 5.58. The van der Waals surface area contributed by atoms with Crippen molar-refractivity contribution < 1.29 is 19.8 Å². The highest BCUT2D eigenvalue weighted by atomic mass is 16.4. The van der Waals surface area contributed by atoms with Crippen LogP contribution in [0.1, 0.15) is 39.1 Å². The van der Waals surface area contributed by atoms with E-state index in [4.69, 9.17) is 0 Å². The highest BCUT2D eigenvalue weighted by Crippen LogP contribution is 2.29. The summed E-state index contributed by atoms with van der Waals surface area (Å²) in [6.45, 7) is 1.88. The van der Waals surface area contributed by atoms with Crippen LogP contribution in [0.15, 0.2) is 42.5 Å². The van der Waals surface area contributed by atoms with Gasteiger partial charge in [0.05, 0.1) is 11.1 Å². The van der Waals surface area contributed by atoms with Gasteiger partial charge in [-0.1, -0.05) is 18.2 Å². The average Bonchev–Trinajstić information content (AvgIpc) is 3.08. The number of carbonyl (C=O) groups excluding carboxylic acids is 1. The minimum Gasteiger partial charge on any atom is -0.507 e. The van der Waals surface area contributed by atoms with Crippen LogP contribution in [-0.2, 0) is 0 Å². The molecule has 0 aromatic heterocycles. The number of hydrogen-bond acceptors (Lipinski definition) is 4. The number of carboxylic acid groups (broad SMARTS) is 1. The summed E-state index contributed by atoms with van der Waals surface area (Å²) in [4.78, 5) is 26.0. The van der Waals surface area contributed by atoms with Crippen LogP contribution < -0.4 is 4.90 Å². The Morgan fingerprint density at radius 2 is 1.57 bits per heavy atom. The zero-order chi connectivity index (χ0) is 16.4. The van der Waals surface area contributed by atoms with Crippen molar-refractivity contribution >= 4 is 17.4 Å². The fourth-order valence-corrected chi connectivity index (χ4v) is 2.90. The minimum atomic E-state index is -1.16. The molecule has 118 valence electrons. The fourth-order valence-electron chi connectivity index (χ4n) is 2.90. The lowest BCUT2D eigenvalue weighted by Crippen LogP contribution is -2.17. The number of carboxylic acids is 1. The lowest BCUT2D eigenvalue weighted by molar-refractivity contribution is 0.0692. The SMILES string of the molecule is O=C(O)c1ccccc1C(=O)c1ccc(N2CCCC2)cc1O. The lowest BCUT2D eigenvalue weighted by atomic mass is 9.97. The molecule has 0 spiro atoms. The van der Waals surface area contributed by atoms with Gasteiger partial charge < -0.3 is 15.1 Å². The molecule has 23 heavy (non-hydrogen) atoms. The van der Waals surface area contributed by atoms with Gasteiger partial charge in [0.2, 0.25) is 0 Å². The molecular formula is C18H17NO4. The molecule has 0 unspecified atom stereocenters. The van der Waals surface area contributed by atoms with E-state index in [0.29, 0.717) is 0 Å². The van der Waals surface area contributed by atoms with E-state index in [2.05, 4.69) is 4.90 Å². The van der Waals surface area contributed by atoms with Crippen molar-refractivity contribution in [1.29, 1.82) is 0 Å². The first-order valence-electron chi connectivity index (χ1n) is 7.53. The van der Waals surface area contributed by atoms with E-state index < -0.39 is 11.8 Å². The van der Waals surface area contributed by atoms with Crippen LogP contribution in [0.4, 0.5) is 5.69 Å². The number of phenolic OH excluding ortho intramolecular Hbond substituents is 1. The molecule has 0 aliphatic carbocycles. The molecule has 0 saturated carbocycles. The molecule has 5 nitrogen and oxygen atoms in total. The number of phenols is 1. The van der Waals surface area contributed by atoms with Crippen molar-refractivity contribution in [3.05, 3.63) is 59.2 Å². The average molecular weight is 311 g/mol. The summed E-state index contributed by atoms with van der Waals surface area (Å²) in [6, 6.07) is 10.9. The highest BCUT2D eigenvalue weighted by Gasteiger charge is 2.21. The smallest absolute Gasteiger partial charge is 0.336 e. The van der Waals surface area contributed by atoms with Crippen molar-refractivity contribution in [3.8, 4) is 5.75 Å². The molecule has 1 heterocycles. The second kappa shape index (κ2) is 6.12. The zero-order valence-electron chi connectivity index (χ0n) is 12.5. The number of aromatic hydroxyl groups is 1. The highest BCUT2D eigenvalue weighted by molar-refractivity contribution is 6.15. The maximum absolute atomic E-state index is 12.6. The van der Waals surface area contributed by atoms with Crippen LogP contribution in [0.5, 0.6) is 5.75 Å². The molecule has 5 heteroatoms. The van der Waals surface area contributed by atoms with Crippen LogP contribution in [0.25, 0.3) is 0 Å². The molecular weight excluding hydrogens is 294 g/mol. The first kappa shape index (κ1) is 15.1. The summed E-state index contributed by atoms with van der Waals surface area (Å²) in [5.74, 6) is -1.78. The number of carbonyl (C=O) groups is 2. The van der Waals surface area contributed by atoms with E-state index in [1.54, 1.807) is 30.3 Å². The Bertz CT molecular complexity index is 763. The molecule has 1 fully saturated rings. The number of anilines is 1. The summed E-state index contributed by atoms with van der Waals surface area (Å²) in [5, 5.41) is 19.4. The Kier molecular flexibility index (Phi) is 4.02. The van der Waals surface area contributed by atoms with E-state index in [1.807, 2.05) is 0 Å². The zero-order valence-corrected chi connectivity index (χ0v) is 12.5. The molecule has 0 radical (unpaired) electrons. The molecule has 3 rings (SSSR count). The van der Waals surface area contributed by atoms with Crippen LogP contribution in [0.3, 0.4) is 0 Å². The lowest BCUT2D eigenvalue weighted by Gasteiger charge is -2.18. The standard InChI is InChI=1S/C18H17NO4/c20-16-11-12(19-9-3-4-10-19)7-8-15(16)17(21)13-5-1-2-6-14(13)18(22)23/h1-2,5-8,11,20H,3-4,9-10H2,(H,22,23). The molecule has 0 atom stereocenters. The first-order valence-corrected chi connectivity index (χ1v) is 7.53. The first-order chi connectivity index (χ1) is 11.1. The van der Waals surface area contributed by atoms with Crippen LogP contribution >= 0.6 is 0 Å². The summed E-state index contributed by atoms with van der Waals surface area (Å²) in [6.07, 6.45) is 2.24. The van der Waals surface area contributed by atoms with Crippen LogP contribution in [-0.4, -0.2) is 35.1 Å². The maximum atomic E-state index is 12.6.